The van der Waals surface area contributed by atoms with E-state index in [1.54, 1.807) is 0 Å². The number of nitrogens with zero attached hydrogens (tertiary/aromatic N) is 1. The van der Waals surface area contributed by atoms with Crippen molar-refractivity contribution >= 4 is 11.7 Å². The van der Waals surface area contributed by atoms with E-state index in [9.17, 15) is 18.0 Å². The molecule has 1 aromatic rings. The van der Waals surface area contributed by atoms with Crippen LogP contribution in [0.25, 0.3) is 0 Å². The van der Waals surface area contributed by atoms with Gasteiger partial charge in [0.1, 0.15) is 12.4 Å². The van der Waals surface area contributed by atoms with E-state index in [-0.39, 0.29) is 42.8 Å². The average molecular weight is 303 g/mol. The fourth-order valence-corrected chi connectivity index (χ4v) is 1.71. The molecule has 114 valence electrons. The normalized spacial score (nSPS) is 15.0. The van der Waals surface area contributed by atoms with Crippen molar-refractivity contribution in [3.05, 3.63) is 29.3 Å². The van der Waals surface area contributed by atoms with Crippen LogP contribution in [-0.2, 0) is 11.0 Å². The van der Waals surface area contributed by atoms with Crippen molar-refractivity contribution in [3.8, 4) is 5.75 Å². The van der Waals surface area contributed by atoms with Crippen LogP contribution in [0.5, 0.6) is 5.75 Å². The third-order valence-electron chi connectivity index (χ3n) is 2.62. The Kier molecular flexibility index (Phi) is 4.32. The third-order valence-corrected chi connectivity index (χ3v) is 2.62. The molecule has 0 saturated carbocycles. The van der Waals surface area contributed by atoms with Gasteiger partial charge in [0.05, 0.1) is 18.7 Å². The predicted octanol–water partition coefficient (Wildman–Crippen LogP) is 0.458. The fourth-order valence-electron chi connectivity index (χ4n) is 1.71. The maximum absolute atomic E-state index is 13.0. The van der Waals surface area contributed by atoms with Crippen molar-refractivity contribution in [3.63, 3.8) is 0 Å². The van der Waals surface area contributed by atoms with Gasteiger partial charge in [0, 0.05) is 5.56 Å². The molecule has 0 bridgehead atoms. The first kappa shape index (κ1) is 15.1. The van der Waals surface area contributed by atoms with Gasteiger partial charge in [-0.2, -0.15) is 18.3 Å². The standard InChI is InChI=1S/C12H12F3N3O3/c13-12(14,15)8-5-7(1-2-9(8)21-4-3-19)11-16-6-10(20)17-18-11/h1-2,5,19H,3-4,6H2,(H,16,18)(H,17,20). The number of carbonyl (C=O) groups is 1. The Labute approximate surface area is 117 Å². The lowest BCUT2D eigenvalue weighted by Crippen LogP contribution is -2.42. The van der Waals surface area contributed by atoms with Gasteiger partial charge < -0.3 is 15.2 Å². The number of carbonyl (C=O) groups excluding carboxylic acids is 1. The van der Waals surface area contributed by atoms with Gasteiger partial charge in [-0.25, -0.2) is 5.43 Å². The molecule has 9 heteroatoms. The number of aliphatic hydroxyl groups is 1. The zero-order valence-corrected chi connectivity index (χ0v) is 10.7. The van der Waals surface area contributed by atoms with Crippen molar-refractivity contribution < 1.29 is 27.8 Å². The first-order valence-corrected chi connectivity index (χ1v) is 5.97. The summed E-state index contributed by atoms with van der Waals surface area (Å²) in [7, 11) is 0. The molecule has 0 saturated heterocycles. The highest BCUT2D eigenvalue weighted by Crippen LogP contribution is 2.36. The van der Waals surface area contributed by atoms with Gasteiger partial charge in [-0.15, -0.1) is 0 Å². The number of aliphatic hydroxyl groups excluding tert-OH is 1. The van der Waals surface area contributed by atoms with Crippen LogP contribution in [0.1, 0.15) is 11.1 Å². The van der Waals surface area contributed by atoms with Gasteiger partial charge in [0.25, 0.3) is 5.91 Å². The van der Waals surface area contributed by atoms with E-state index in [1.807, 2.05) is 0 Å². The molecule has 1 amide bonds. The van der Waals surface area contributed by atoms with E-state index in [1.165, 1.54) is 6.07 Å². The number of rotatable bonds is 4. The number of amides is 1. The second-order valence-corrected chi connectivity index (χ2v) is 4.13. The van der Waals surface area contributed by atoms with Crippen molar-refractivity contribution in [1.82, 2.24) is 10.7 Å². The summed E-state index contributed by atoms with van der Waals surface area (Å²) in [6, 6.07) is 3.40. The van der Waals surface area contributed by atoms with E-state index in [4.69, 9.17) is 9.84 Å². The van der Waals surface area contributed by atoms with Crippen molar-refractivity contribution in [2.75, 3.05) is 19.8 Å². The Morgan fingerprint density at radius 2 is 2.14 bits per heavy atom. The Morgan fingerprint density at radius 3 is 2.71 bits per heavy atom. The third kappa shape index (κ3) is 3.63. The number of alkyl halides is 3. The quantitative estimate of drug-likeness (QED) is 0.754. The van der Waals surface area contributed by atoms with Crippen LogP contribution >= 0.6 is 0 Å². The maximum Gasteiger partial charge on any atom is 0.419 e. The van der Waals surface area contributed by atoms with Crippen LogP contribution in [0.15, 0.2) is 23.3 Å². The van der Waals surface area contributed by atoms with E-state index >= 15 is 0 Å². The van der Waals surface area contributed by atoms with Crippen LogP contribution in [0.2, 0.25) is 0 Å². The van der Waals surface area contributed by atoms with E-state index in [0.29, 0.717) is 0 Å². The first-order valence-electron chi connectivity index (χ1n) is 5.97. The number of ether oxygens (including phenoxy) is 1. The van der Waals surface area contributed by atoms with Gasteiger partial charge in [-0.3, -0.25) is 4.79 Å². The molecule has 0 fully saturated rings. The van der Waals surface area contributed by atoms with E-state index in [0.717, 1.165) is 12.1 Å². The minimum atomic E-state index is -4.61. The summed E-state index contributed by atoms with van der Waals surface area (Å²) < 4.78 is 43.9. The topological polar surface area (TPSA) is 83.0 Å². The highest BCUT2D eigenvalue weighted by molar-refractivity contribution is 6.03. The number of hydrazone groups is 1. The summed E-state index contributed by atoms with van der Waals surface area (Å²) in [6.45, 7) is -0.694. The first-order chi connectivity index (χ1) is 9.91. The summed E-state index contributed by atoms with van der Waals surface area (Å²) >= 11 is 0. The molecule has 2 rings (SSSR count). The predicted molar refractivity (Wildman–Crippen MR) is 66.7 cm³/mol. The van der Waals surface area contributed by atoms with Gasteiger partial charge in [0.15, 0.2) is 5.84 Å². The van der Waals surface area contributed by atoms with Crippen LogP contribution < -0.4 is 15.5 Å². The van der Waals surface area contributed by atoms with Gasteiger partial charge in [-0.1, -0.05) is 0 Å². The monoisotopic (exact) mass is 303 g/mol. The highest BCUT2D eigenvalue weighted by atomic mass is 19.4. The molecule has 0 radical (unpaired) electrons. The zero-order valence-electron chi connectivity index (χ0n) is 10.7. The lowest BCUT2D eigenvalue weighted by atomic mass is 10.1. The number of halogens is 3. The molecule has 1 aliphatic rings. The second-order valence-electron chi connectivity index (χ2n) is 4.13. The zero-order chi connectivity index (χ0) is 15.5. The summed E-state index contributed by atoms with van der Waals surface area (Å²) in [5.74, 6) is -0.618. The molecule has 0 aliphatic carbocycles. The van der Waals surface area contributed by atoms with E-state index in [2.05, 4.69) is 15.8 Å². The number of amidine groups is 1. The Morgan fingerprint density at radius 1 is 1.38 bits per heavy atom. The van der Waals surface area contributed by atoms with Crippen LogP contribution in [0.4, 0.5) is 13.2 Å². The fraction of sp³-hybridized carbons (Fsp3) is 0.333. The number of hydrogen-bond donors (Lipinski definition) is 3. The van der Waals surface area contributed by atoms with Crippen LogP contribution in [-0.4, -0.2) is 36.6 Å². The summed E-state index contributed by atoms with van der Waals surface area (Å²) in [5, 5.41) is 14.9. The Bertz CT molecular complexity index is 573. The highest BCUT2D eigenvalue weighted by Gasteiger charge is 2.35. The molecule has 1 aliphatic heterocycles. The number of hydrogen-bond acceptors (Lipinski definition) is 5. The molecular formula is C12H12F3N3O3. The molecule has 1 heterocycles. The largest absolute Gasteiger partial charge is 0.491 e. The minimum absolute atomic E-state index is 0.0665. The summed E-state index contributed by atoms with van der Waals surface area (Å²) in [6.07, 6.45) is -4.61. The van der Waals surface area contributed by atoms with Gasteiger partial charge in [0.2, 0.25) is 0 Å². The Balaban J connectivity index is 2.35. The molecule has 0 spiro atoms. The smallest absolute Gasteiger partial charge is 0.419 e. The van der Waals surface area contributed by atoms with Crippen LogP contribution in [0, 0.1) is 0 Å². The number of benzene rings is 1. The molecule has 6 nitrogen and oxygen atoms in total. The minimum Gasteiger partial charge on any atom is -0.491 e. The number of nitrogens with one attached hydrogen (secondary N) is 2. The van der Waals surface area contributed by atoms with E-state index < -0.39 is 11.7 Å². The molecule has 0 atom stereocenters. The summed E-state index contributed by atoms with van der Waals surface area (Å²) in [4.78, 5) is 10.9. The maximum atomic E-state index is 13.0. The summed E-state index contributed by atoms with van der Waals surface area (Å²) in [5.41, 5.74) is 1.37. The average Bonchev–Trinajstić information content (AvgIpc) is 2.45. The second kappa shape index (κ2) is 6.00. The van der Waals surface area contributed by atoms with Crippen molar-refractivity contribution in [2.24, 2.45) is 5.10 Å². The molecule has 0 unspecified atom stereocenters. The molecular weight excluding hydrogens is 291 g/mol. The SMILES string of the molecule is O=C1CNC(c2ccc(OCCO)c(C(F)(F)F)c2)=NN1. The van der Waals surface area contributed by atoms with Crippen molar-refractivity contribution in [1.29, 1.82) is 0 Å². The lowest BCUT2D eigenvalue weighted by Gasteiger charge is -2.18. The molecule has 21 heavy (non-hydrogen) atoms. The molecule has 1 aromatic carbocycles. The van der Waals surface area contributed by atoms with Gasteiger partial charge >= 0.3 is 6.18 Å². The lowest BCUT2D eigenvalue weighted by molar-refractivity contribution is -0.139. The Hall–Kier alpha value is -2.29. The molecule has 3 N–H and O–H groups in total. The van der Waals surface area contributed by atoms with Crippen molar-refractivity contribution in [2.45, 2.75) is 6.18 Å². The van der Waals surface area contributed by atoms with Crippen LogP contribution in [0.3, 0.4) is 0 Å². The molecule has 0 aromatic heterocycles. The van der Waals surface area contributed by atoms with Gasteiger partial charge in [-0.05, 0) is 18.2 Å².